The van der Waals surface area contributed by atoms with Gasteiger partial charge in [0, 0.05) is 12.2 Å². The zero-order valence-electron chi connectivity index (χ0n) is 10.8. The number of amides is 1. The smallest absolute Gasteiger partial charge is 0.223 e. The van der Waals surface area contributed by atoms with E-state index in [2.05, 4.69) is 0 Å². The molecule has 0 spiro atoms. The molecule has 4 nitrogen and oxygen atoms in total. The van der Waals surface area contributed by atoms with Crippen LogP contribution in [0.1, 0.15) is 45.4 Å². The van der Waals surface area contributed by atoms with Gasteiger partial charge in [0.1, 0.15) is 0 Å². The van der Waals surface area contributed by atoms with Crippen molar-refractivity contribution in [2.45, 2.75) is 56.9 Å². The second-order valence-corrected chi connectivity index (χ2v) is 6.26. The average Bonchev–Trinajstić information content (AvgIpc) is 2.83. The molecular weight excluding hydrogens is 250 g/mol. The molecule has 0 aromatic carbocycles. The second-order valence-electron chi connectivity index (χ2n) is 5.11. The van der Waals surface area contributed by atoms with Crippen molar-refractivity contribution in [2.75, 3.05) is 5.75 Å². The van der Waals surface area contributed by atoms with E-state index in [1.807, 2.05) is 0 Å². The zero-order valence-corrected chi connectivity index (χ0v) is 11.6. The summed E-state index contributed by atoms with van der Waals surface area (Å²) in [6.07, 6.45) is 6.26. The standard InChI is InChI=1S/C13H21NO3S/c1-2-11(15)14-10(13(16)17)8-18-12(14)9-6-4-3-5-7-9/h9-10,12H,2-8H2,1H3,(H,16,17)/p-1/t10-,12+/m0/s1. The van der Waals surface area contributed by atoms with Crippen LogP contribution >= 0.6 is 11.8 Å². The van der Waals surface area contributed by atoms with Gasteiger partial charge in [-0.15, -0.1) is 11.8 Å². The number of hydrogen-bond donors (Lipinski definition) is 0. The first kappa shape index (κ1) is 13.7. The fourth-order valence-corrected chi connectivity index (χ4v) is 4.64. The van der Waals surface area contributed by atoms with E-state index in [0.29, 0.717) is 18.1 Å². The first-order chi connectivity index (χ1) is 8.65. The second kappa shape index (κ2) is 5.95. The predicted molar refractivity (Wildman–Crippen MR) is 68.8 cm³/mol. The molecule has 1 aliphatic carbocycles. The molecule has 1 aliphatic heterocycles. The summed E-state index contributed by atoms with van der Waals surface area (Å²) in [5.74, 6) is -0.217. The van der Waals surface area contributed by atoms with E-state index in [9.17, 15) is 14.7 Å². The molecule has 0 N–H and O–H groups in total. The van der Waals surface area contributed by atoms with Gasteiger partial charge in [-0.3, -0.25) is 4.79 Å². The molecule has 0 bridgehead atoms. The van der Waals surface area contributed by atoms with Crippen molar-refractivity contribution in [3.05, 3.63) is 0 Å². The average molecular weight is 270 g/mol. The van der Waals surface area contributed by atoms with Crippen molar-refractivity contribution in [3.8, 4) is 0 Å². The molecule has 2 aliphatic rings. The Morgan fingerprint density at radius 1 is 1.28 bits per heavy atom. The number of aliphatic carboxylic acids is 1. The number of carbonyl (C=O) groups is 2. The number of hydrogen-bond acceptors (Lipinski definition) is 4. The maximum absolute atomic E-state index is 12.0. The van der Waals surface area contributed by atoms with Gasteiger partial charge in [0.15, 0.2) is 0 Å². The maximum atomic E-state index is 12.0. The Hall–Kier alpha value is -0.710. The highest BCUT2D eigenvalue weighted by molar-refractivity contribution is 8.00. The lowest BCUT2D eigenvalue weighted by Crippen LogP contribution is -2.52. The zero-order chi connectivity index (χ0) is 13.1. The number of nitrogens with zero attached hydrogens (tertiary/aromatic N) is 1. The maximum Gasteiger partial charge on any atom is 0.223 e. The van der Waals surface area contributed by atoms with Crippen LogP contribution in [0.15, 0.2) is 0 Å². The Balaban J connectivity index is 2.13. The summed E-state index contributed by atoms with van der Waals surface area (Å²) in [5, 5.41) is 11.2. The van der Waals surface area contributed by atoms with E-state index in [1.54, 1.807) is 23.6 Å². The first-order valence-corrected chi connectivity index (χ1v) is 7.83. The van der Waals surface area contributed by atoms with Crippen LogP contribution in [0.4, 0.5) is 0 Å². The lowest BCUT2D eigenvalue weighted by atomic mass is 9.88. The van der Waals surface area contributed by atoms with Gasteiger partial charge in [-0.2, -0.15) is 0 Å². The summed E-state index contributed by atoms with van der Waals surface area (Å²) >= 11 is 1.62. The third kappa shape index (κ3) is 2.66. The van der Waals surface area contributed by atoms with E-state index in [0.717, 1.165) is 12.8 Å². The molecule has 5 heteroatoms. The quantitative estimate of drug-likeness (QED) is 0.767. The molecule has 0 radical (unpaired) electrons. The molecule has 2 atom stereocenters. The van der Waals surface area contributed by atoms with Crippen molar-refractivity contribution in [1.29, 1.82) is 0 Å². The Morgan fingerprint density at radius 2 is 1.94 bits per heavy atom. The summed E-state index contributed by atoms with van der Waals surface area (Å²) < 4.78 is 0. The van der Waals surface area contributed by atoms with Gasteiger partial charge in [0.25, 0.3) is 0 Å². The molecule has 0 unspecified atom stereocenters. The minimum Gasteiger partial charge on any atom is -0.548 e. The van der Waals surface area contributed by atoms with E-state index >= 15 is 0 Å². The molecule has 18 heavy (non-hydrogen) atoms. The molecule has 0 aromatic rings. The largest absolute Gasteiger partial charge is 0.548 e. The van der Waals surface area contributed by atoms with Gasteiger partial charge in [-0.1, -0.05) is 26.2 Å². The number of rotatable bonds is 3. The van der Waals surface area contributed by atoms with Crippen LogP contribution < -0.4 is 5.11 Å². The lowest BCUT2D eigenvalue weighted by molar-refractivity contribution is -0.310. The molecule has 1 saturated carbocycles. The Bertz CT molecular complexity index is 328. The van der Waals surface area contributed by atoms with Gasteiger partial charge in [-0.25, -0.2) is 0 Å². The van der Waals surface area contributed by atoms with Gasteiger partial charge in [-0.05, 0) is 18.8 Å². The SMILES string of the molecule is CCC(=O)N1[C@@H](C2CCCCC2)SC[C@H]1C(=O)[O-]. The minimum atomic E-state index is -1.11. The third-order valence-corrected chi connectivity index (χ3v) is 5.41. The van der Waals surface area contributed by atoms with Crippen molar-refractivity contribution >= 4 is 23.6 Å². The summed E-state index contributed by atoms with van der Waals surface area (Å²) in [6.45, 7) is 1.79. The van der Waals surface area contributed by atoms with Crippen LogP contribution in [0.3, 0.4) is 0 Å². The van der Waals surface area contributed by atoms with Crippen molar-refractivity contribution in [1.82, 2.24) is 4.90 Å². The fraction of sp³-hybridized carbons (Fsp3) is 0.846. The van der Waals surface area contributed by atoms with Crippen LogP contribution in [-0.2, 0) is 9.59 Å². The monoisotopic (exact) mass is 270 g/mol. The van der Waals surface area contributed by atoms with Crippen molar-refractivity contribution < 1.29 is 14.7 Å². The minimum absolute atomic E-state index is 0.0511. The summed E-state index contributed by atoms with van der Waals surface area (Å²) in [6, 6.07) is -0.727. The number of carboxylic acid groups (broad SMARTS) is 1. The molecule has 2 rings (SSSR count). The van der Waals surface area contributed by atoms with Crippen molar-refractivity contribution in [2.24, 2.45) is 5.92 Å². The van der Waals surface area contributed by atoms with Crippen LogP contribution in [0, 0.1) is 5.92 Å². The van der Waals surface area contributed by atoms with Crippen LogP contribution in [0.5, 0.6) is 0 Å². The van der Waals surface area contributed by atoms with E-state index in [4.69, 9.17) is 0 Å². The first-order valence-electron chi connectivity index (χ1n) is 6.78. The molecule has 0 aromatic heterocycles. The molecule has 2 fully saturated rings. The van der Waals surface area contributed by atoms with Gasteiger partial charge in [0.05, 0.1) is 17.4 Å². The van der Waals surface area contributed by atoms with Crippen molar-refractivity contribution in [3.63, 3.8) is 0 Å². The highest BCUT2D eigenvalue weighted by Crippen LogP contribution is 2.40. The molecule has 1 saturated heterocycles. The number of carboxylic acids is 1. The Morgan fingerprint density at radius 3 is 2.50 bits per heavy atom. The van der Waals surface area contributed by atoms with Gasteiger partial charge >= 0.3 is 0 Å². The van der Waals surface area contributed by atoms with Gasteiger partial charge < -0.3 is 14.8 Å². The third-order valence-electron chi connectivity index (χ3n) is 3.95. The summed E-state index contributed by atoms with van der Waals surface area (Å²) in [7, 11) is 0. The predicted octanol–water partition coefficient (Wildman–Crippen LogP) is 0.997. The fourth-order valence-electron chi connectivity index (χ4n) is 2.99. The highest BCUT2D eigenvalue weighted by Gasteiger charge is 2.41. The van der Waals surface area contributed by atoms with E-state index in [1.165, 1.54) is 19.3 Å². The van der Waals surface area contributed by atoms with Crippen LogP contribution in [-0.4, -0.2) is 33.9 Å². The van der Waals surface area contributed by atoms with Gasteiger partial charge in [0.2, 0.25) is 5.91 Å². The highest BCUT2D eigenvalue weighted by atomic mass is 32.2. The molecule has 1 amide bonds. The van der Waals surface area contributed by atoms with Crippen LogP contribution in [0.2, 0.25) is 0 Å². The Labute approximate surface area is 112 Å². The summed E-state index contributed by atoms with van der Waals surface area (Å²) in [5.41, 5.74) is 0. The topological polar surface area (TPSA) is 60.4 Å². The lowest BCUT2D eigenvalue weighted by Gasteiger charge is -2.36. The molecule has 1 heterocycles. The van der Waals surface area contributed by atoms with E-state index in [-0.39, 0.29) is 11.3 Å². The molecule has 102 valence electrons. The summed E-state index contributed by atoms with van der Waals surface area (Å²) in [4.78, 5) is 24.7. The normalized spacial score (nSPS) is 29.5. The van der Waals surface area contributed by atoms with Crippen LogP contribution in [0.25, 0.3) is 0 Å². The van der Waals surface area contributed by atoms with E-state index < -0.39 is 12.0 Å². The number of thioether (sulfide) groups is 1. The molecular formula is C13H20NO3S-. The Kier molecular flexibility index (Phi) is 4.54. The number of carbonyl (C=O) groups excluding carboxylic acids is 2.